The van der Waals surface area contributed by atoms with Gasteiger partial charge in [0.25, 0.3) is 0 Å². The van der Waals surface area contributed by atoms with E-state index < -0.39 is 0 Å². The Morgan fingerprint density at radius 2 is 1.50 bits per heavy atom. The molecule has 2 amide bonds. The highest BCUT2D eigenvalue weighted by Crippen LogP contribution is 2.23. The van der Waals surface area contributed by atoms with Gasteiger partial charge in [-0.05, 0) is 11.1 Å². The van der Waals surface area contributed by atoms with Gasteiger partial charge in [0, 0.05) is 0 Å². The molecule has 0 fully saturated rings. The molecule has 1 atom stereocenters. The molecule has 0 aromatic heterocycles. The third-order valence-corrected chi connectivity index (χ3v) is 2.97. The van der Waals surface area contributed by atoms with Crippen LogP contribution in [0.15, 0.2) is 65.7 Å². The largest absolute Gasteiger partial charge is 0.342 e. The van der Waals surface area contributed by atoms with Crippen LogP contribution in [-0.4, -0.2) is 11.7 Å². The number of carbonyl (C=O) groups excluding carboxylic acids is 1. The lowest BCUT2D eigenvalue weighted by atomic mass is 9.97. The standard InChI is InChI=1S/C15H12N2O/c18-15-16-13(11-7-3-1-4-8-11)14(17-15)12-9-5-2-6-10-12/h1-10,13H,(H,16,18)/t13-/m0/s1. The number of carbonyl (C=O) groups is 1. The second-order valence-corrected chi connectivity index (χ2v) is 4.16. The van der Waals surface area contributed by atoms with Crippen molar-refractivity contribution < 1.29 is 4.79 Å². The van der Waals surface area contributed by atoms with Crippen molar-refractivity contribution in [3.8, 4) is 0 Å². The van der Waals surface area contributed by atoms with E-state index in [1.165, 1.54) is 0 Å². The third kappa shape index (κ3) is 1.91. The smallest absolute Gasteiger partial charge is 0.324 e. The molecule has 0 radical (unpaired) electrons. The number of amides is 2. The summed E-state index contributed by atoms with van der Waals surface area (Å²) in [5, 5.41) is 2.88. The minimum absolute atomic E-state index is 0.152. The van der Waals surface area contributed by atoms with Crippen LogP contribution in [0.3, 0.4) is 0 Å². The average molecular weight is 236 g/mol. The minimum Gasteiger partial charge on any atom is -0.324 e. The fraction of sp³-hybridized carbons (Fsp3) is 0.0667. The molecule has 0 saturated heterocycles. The number of benzene rings is 2. The Bertz CT molecular complexity index is 590. The van der Waals surface area contributed by atoms with E-state index in [0.717, 1.165) is 16.8 Å². The zero-order valence-corrected chi connectivity index (χ0v) is 9.71. The van der Waals surface area contributed by atoms with Gasteiger partial charge in [0.2, 0.25) is 0 Å². The zero-order chi connectivity index (χ0) is 12.4. The van der Waals surface area contributed by atoms with Gasteiger partial charge in [-0.2, -0.15) is 4.99 Å². The Balaban J connectivity index is 2.02. The van der Waals surface area contributed by atoms with Crippen LogP contribution in [-0.2, 0) is 0 Å². The van der Waals surface area contributed by atoms with Gasteiger partial charge in [-0.1, -0.05) is 60.7 Å². The molecule has 0 saturated carbocycles. The molecule has 0 unspecified atom stereocenters. The zero-order valence-electron chi connectivity index (χ0n) is 9.71. The number of hydrogen-bond acceptors (Lipinski definition) is 1. The van der Waals surface area contributed by atoms with Crippen LogP contribution in [0.25, 0.3) is 0 Å². The first kappa shape index (κ1) is 10.7. The number of nitrogens with one attached hydrogen (secondary N) is 1. The lowest BCUT2D eigenvalue weighted by molar-refractivity contribution is 0.250. The Kier molecular flexibility index (Phi) is 2.65. The molecule has 1 heterocycles. The molecule has 0 aliphatic carbocycles. The highest BCUT2D eigenvalue weighted by atomic mass is 16.2. The quantitative estimate of drug-likeness (QED) is 0.855. The first-order valence-corrected chi connectivity index (χ1v) is 5.84. The van der Waals surface area contributed by atoms with Gasteiger partial charge >= 0.3 is 6.03 Å². The Morgan fingerprint density at radius 3 is 2.17 bits per heavy atom. The van der Waals surface area contributed by atoms with E-state index in [2.05, 4.69) is 10.3 Å². The molecule has 3 heteroatoms. The van der Waals surface area contributed by atoms with Crippen LogP contribution in [0.4, 0.5) is 4.79 Å². The predicted molar refractivity (Wildman–Crippen MR) is 70.7 cm³/mol. The summed E-state index contributed by atoms with van der Waals surface area (Å²) in [4.78, 5) is 15.6. The van der Waals surface area contributed by atoms with Crippen molar-refractivity contribution >= 4 is 11.7 Å². The molecule has 0 bridgehead atoms. The van der Waals surface area contributed by atoms with E-state index in [1.54, 1.807) is 0 Å². The normalized spacial score (nSPS) is 18.3. The molecular weight excluding hydrogens is 224 g/mol. The summed E-state index contributed by atoms with van der Waals surface area (Å²) in [6, 6.07) is 19.2. The summed E-state index contributed by atoms with van der Waals surface area (Å²) in [5.41, 5.74) is 2.81. The molecule has 1 aliphatic heterocycles. The van der Waals surface area contributed by atoms with Gasteiger partial charge in [0.15, 0.2) is 0 Å². The first-order valence-electron chi connectivity index (χ1n) is 5.84. The van der Waals surface area contributed by atoms with Crippen LogP contribution < -0.4 is 5.32 Å². The van der Waals surface area contributed by atoms with Crippen LogP contribution in [0.5, 0.6) is 0 Å². The van der Waals surface area contributed by atoms with Gasteiger partial charge in [0.1, 0.15) is 0 Å². The van der Waals surface area contributed by atoms with Gasteiger partial charge in [-0.15, -0.1) is 0 Å². The molecular formula is C15H12N2O. The molecule has 18 heavy (non-hydrogen) atoms. The molecule has 1 N–H and O–H groups in total. The van der Waals surface area contributed by atoms with Crippen molar-refractivity contribution in [1.82, 2.24) is 5.32 Å². The maximum Gasteiger partial charge on any atom is 0.342 e. The number of aliphatic imine (C=N–C) groups is 1. The summed E-state index contributed by atoms with van der Waals surface area (Å²) in [7, 11) is 0. The van der Waals surface area contributed by atoms with Gasteiger partial charge in [0.05, 0.1) is 11.8 Å². The molecule has 1 aliphatic rings. The van der Waals surface area contributed by atoms with Crippen molar-refractivity contribution in [1.29, 1.82) is 0 Å². The summed E-state index contributed by atoms with van der Waals surface area (Å²) >= 11 is 0. The second-order valence-electron chi connectivity index (χ2n) is 4.16. The van der Waals surface area contributed by atoms with E-state index in [0.29, 0.717) is 0 Å². The SMILES string of the molecule is O=C1N=C(c2ccccc2)[C@H](c2ccccc2)N1. The van der Waals surface area contributed by atoms with E-state index in [-0.39, 0.29) is 12.1 Å². The third-order valence-electron chi connectivity index (χ3n) is 2.97. The first-order chi connectivity index (χ1) is 8.84. The lowest BCUT2D eigenvalue weighted by Gasteiger charge is -2.13. The molecule has 2 aromatic rings. The monoisotopic (exact) mass is 236 g/mol. The van der Waals surface area contributed by atoms with Crippen LogP contribution >= 0.6 is 0 Å². The molecule has 0 spiro atoms. The highest BCUT2D eigenvalue weighted by Gasteiger charge is 2.27. The summed E-state index contributed by atoms with van der Waals surface area (Å²) < 4.78 is 0. The van der Waals surface area contributed by atoms with Crippen LogP contribution in [0.2, 0.25) is 0 Å². The van der Waals surface area contributed by atoms with Gasteiger partial charge in [-0.3, -0.25) is 0 Å². The molecule has 3 rings (SSSR count). The molecule has 2 aromatic carbocycles. The molecule has 88 valence electrons. The van der Waals surface area contributed by atoms with E-state index in [9.17, 15) is 4.79 Å². The topological polar surface area (TPSA) is 41.5 Å². The number of hydrogen-bond donors (Lipinski definition) is 1. The maximum absolute atomic E-state index is 11.5. The summed E-state index contributed by atoms with van der Waals surface area (Å²) in [5.74, 6) is 0. The van der Waals surface area contributed by atoms with Crippen molar-refractivity contribution in [3.63, 3.8) is 0 Å². The van der Waals surface area contributed by atoms with E-state index >= 15 is 0 Å². The number of rotatable bonds is 2. The van der Waals surface area contributed by atoms with Crippen molar-refractivity contribution in [2.75, 3.05) is 0 Å². The fourth-order valence-electron chi connectivity index (χ4n) is 2.12. The Hall–Kier alpha value is -2.42. The van der Waals surface area contributed by atoms with Crippen molar-refractivity contribution in [2.24, 2.45) is 4.99 Å². The lowest BCUT2D eigenvalue weighted by Crippen LogP contribution is -2.23. The van der Waals surface area contributed by atoms with Gasteiger partial charge < -0.3 is 5.32 Å². The highest BCUT2D eigenvalue weighted by molar-refractivity contribution is 6.14. The summed E-state index contributed by atoms with van der Waals surface area (Å²) in [6.45, 7) is 0. The van der Waals surface area contributed by atoms with E-state index in [1.807, 2.05) is 60.7 Å². The summed E-state index contributed by atoms with van der Waals surface area (Å²) in [6.07, 6.45) is 0. The maximum atomic E-state index is 11.5. The van der Waals surface area contributed by atoms with Gasteiger partial charge in [-0.25, -0.2) is 4.79 Å². The molecule has 3 nitrogen and oxygen atoms in total. The van der Waals surface area contributed by atoms with E-state index in [4.69, 9.17) is 0 Å². The minimum atomic E-state index is -0.275. The van der Waals surface area contributed by atoms with Crippen molar-refractivity contribution in [3.05, 3.63) is 71.8 Å². The number of urea groups is 1. The van der Waals surface area contributed by atoms with Crippen LogP contribution in [0, 0.1) is 0 Å². The number of nitrogens with zero attached hydrogens (tertiary/aromatic N) is 1. The van der Waals surface area contributed by atoms with Crippen LogP contribution in [0.1, 0.15) is 17.2 Å². The Morgan fingerprint density at radius 1 is 0.889 bits per heavy atom. The fourth-order valence-corrected chi connectivity index (χ4v) is 2.12. The van der Waals surface area contributed by atoms with Crippen molar-refractivity contribution in [2.45, 2.75) is 6.04 Å². The Labute approximate surface area is 105 Å². The average Bonchev–Trinajstić information content (AvgIpc) is 2.83. The predicted octanol–water partition coefficient (Wildman–Crippen LogP) is 2.94. The second kappa shape index (κ2) is 4.45.